The van der Waals surface area contributed by atoms with E-state index >= 15 is 0 Å². The van der Waals surface area contributed by atoms with Crippen LogP contribution in [0.3, 0.4) is 0 Å². The molecule has 0 spiro atoms. The highest BCUT2D eigenvalue weighted by Crippen LogP contribution is 2.55. The molecule has 4 rings (SSSR count). The Morgan fingerprint density at radius 2 is 1.31 bits per heavy atom. The molecule has 0 bridgehead atoms. The Morgan fingerprint density at radius 3 is 1.88 bits per heavy atom. The normalized spacial score (nSPS) is 17.0. The summed E-state index contributed by atoms with van der Waals surface area (Å²) in [5, 5.41) is 8.74. The van der Waals surface area contributed by atoms with Gasteiger partial charge in [-0.3, -0.25) is 0 Å². The lowest BCUT2D eigenvalue weighted by molar-refractivity contribution is 1.78. The maximum atomic E-state index is 2.26. The molecule has 0 atom stereocenters. The summed E-state index contributed by atoms with van der Waals surface area (Å²) in [6.45, 7) is 0. The van der Waals surface area contributed by atoms with Gasteiger partial charge in [0.25, 0.3) is 0 Å². The minimum Gasteiger partial charge on any atom is -0.142 e. The van der Waals surface area contributed by atoms with Gasteiger partial charge in [-0.05, 0) is 33.7 Å². The molecule has 0 fully saturated rings. The molecule has 3 heterocycles. The summed E-state index contributed by atoms with van der Waals surface area (Å²) in [7, 11) is 0. The summed E-state index contributed by atoms with van der Waals surface area (Å²) in [4.78, 5) is 2.92. The zero-order chi connectivity index (χ0) is 10.5. The molecule has 0 nitrogen and oxygen atoms in total. The zero-order valence-corrected chi connectivity index (χ0v) is 11.4. The first-order valence-electron chi connectivity index (χ1n) is 4.84. The number of rotatable bonds is 0. The molecule has 78 valence electrons. The molecule has 16 heavy (non-hydrogen) atoms. The van der Waals surface area contributed by atoms with Crippen molar-refractivity contribution in [3.63, 3.8) is 0 Å². The van der Waals surface area contributed by atoms with E-state index in [1.165, 1.54) is 30.7 Å². The van der Waals surface area contributed by atoms with Gasteiger partial charge >= 0.3 is 0 Å². The van der Waals surface area contributed by atoms with Gasteiger partial charge < -0.3 is 0 Å². The summed E-state index contributed by atoms with van der Waals surface area (Å²) in [6.07, 6.45) is 0. The average molecular weight is 278 g/mol. The van der Waals surface area contributed by atoms with Crippen LogP contribution in [0.4, 0.5) is 0 Å². The lowest BCUT2D eigenvalue weighted by Crippen LogP contribution is -1.79. The highest BCUT2D eigenvalue weighted by molar-refractivity contribution is 8.27. The van der Waals surface area contributed by atoms with Crippen LogP contribution in [0.15, 0.2) is 37.9 Å². The number of fused-ring (bicyclic) bond motifs is 3. The van der Waals surface area contributed by atoms with Crippen LogP contribution in [0.5, 0.6) is 0 Å². The molecule has 0 saturated carbocycles. The fourth-order valence-corrected chi connectivity index (χ4v) is 5.97. The smallest absolute Gasteiger partial charge is 0.0572 e. The molecular weight excluding hydrogens is 272 g/mol. The molecule has 4 heteroatoms. The van der Waals surface area contributed by atoms with E-state index in [4.69, 9.17) is 0 Å². The van der Waals surface area contributed by atoms with Crippen molar-refractivity contribution in [3.8, 4) is 9.75 Å². The Hall–Kier alpha value is -0.420. The lowest BCUT2D eigenvalue weighted by Gasteiger charge is -2.03. The van der Waals surface area contributed by atoms with Gasteiger partial charge in [0.05, 0.1) is 14.0 Å². The van der Waals surface area contributed by atoms with Crippen LogP contribution >= 0.6 is 46.2 Å². The van der Waals surface area contributed by atoms with Crippen LogP contribution in [-0.4, -0.2) is 0 Å². The summed E-state index contributed by atoms with van der Waals surface area (Å²) in [5.74, 6) is 0. The van der Waals surface area contributed by atoms with Crippen molar-refractivity contribution in [1.29, 1.82) is 0 Å². The van der Waals surface area contributed by atoms with E-state index in [0.29, 0.717) is 0 Å². The Balaban J connectivity index is 2.06. The standard InChI is InChI=1S/C12H6S4/c1-3-13-10-7(1)9(12-15-5-6-16-12)8-2-4-14-11(8)10/h1-6H. The third kappa shape index (κ3) is 1.19. The van der Waals surface area contributed by atoms with Crippen molar-refractivity contribution in [2.24, 2.45) is 0 Å². The summed E-state index contributed by atoms with van der Waals surface area (Å²) in [6, 6.07) is 4.52. The van der Waals surface area contributed by atoms with Gasteiger partial charge in [-0.1, -0.05) is 23.5 Å². The average Bonchev–Trinajstić information content (AvgIpc) is 3.00. The molecule has 1 aliphatic carbocycles. The second-order valence-electron chi connectivity index (χ2n) is 3.50. The van der Waals surface area contributed by atoms with Crippen LogP contribution in [-0.2, 0) is 0 Å². The molecule has 0 saturated heterocycles. The predicted octanol–water partition coefficient (Wildman–Crippen LogP) is 5.46. The van der Waals surface area contributed by atoms with Crippen molar-refractivity contribution < 1.29 is 0 Å². The second-order valence-corrected chi connectivity index (χ2v) is 7.42. The first-order chi connectivity index (χ1) is 7.95. The fourth-order valence-electron chi connectivity index (χ4n) is 2.05. The lowest BCUT2D eigenvalue weighted by atomic mass is 10.1. The van der Waals surface area contributed by atoms with Crippen LogP contribution < -0.4 is 0 Å². The highest BCUT2D eigenvalue weighted by Gasteiger charge is 2.29. The summed E-state index contributed by atoms with van der Waals surface area (Å²) < 4.78 is 1.43. The van der Waals surface area contributed by atoms with Gasteiger partial charge in [0.1, 0.15) is 0 Å². The first kappa shape index (κ1) is 9.59. The number of hydrogen-bond acceptors (Lipinski definition) is 4. The minimum absolute atomic E-state index is 1.43. The van der Waals surface area contributed by atoms with Gasteiger partial charge in [-0.15, -0.1) is 22.7 Å². The molecule has 2 aliphatic rings. The molecule has 0 amide bonds. The van der Waals surface area contributed by atoms with Crippen molar-refractivity contribution in [2.45, 2.75) is 0 Å². The second kappa shape index (κ2) is 3.53. The summed E-state index contributed by atoms with van der Waals surface area (Å²) >= 11 is 7.41. The molecule has 2 aromatic heterocycles. The Labute approximate surface area is 110 Å². The zero-order valence-electron chi connectivity index (χ0n) is 8.10. The maximum Gasteiger partial charge on any atom is 0.0572 e. The monoisotopic (exact) mass is 278 g/mol. The predicted molar refractivity (Wildman–Crippen MR) is 78.0 cm³/mol. The molecule has 0 aromatic carbocycles. The van der Waals surface area contributed by atoms with Crippen molar-refractivity contribution in [2.75, 3.05) is 0 Å². The van der Waals surface area contributed by atoms with Gasteiger partial charge in [0, 0.05) is 16.7 Å². The van der Waals surface area contributed by atoms with Crippen LogP contribution in [0.25, 0.3) is 15.3 Å². The SMILES string of the molecule is C1=CSC(=C2c3ccsc3-c3sccc32)S1. The number of hydrogen-bond donors (Lipinski definition) is 0. The largest absolute Gasteiger partial charge is 0.142 e. The maximum absolute atomic E-state index is 2.26. The van der Waals surface area contributed by atoms with Crippen molar-refractivity contribution in [3.05, 3.63) is 49.1 Å². The Bertz CT molecular complexity index is 575. The third-order valence-corrected chi connectivity index (χ3v) is 6.81. The highest BCUT2D eigenvalue weighted by atomic mass is 32.2. The quantitative estimate of drug-likeness (QED) is 0.535. The Morgan fingerprint density at radius 1 is 0.750 bits per heavy atom. The van der Waals surface area contributed by atoms with E-state index in [1.807, 2.05) is 46.2 Å². The van der Waals surface area contributed by atoms with Gasteiger partial charge in [-0.25, -0.2) is 0 Å². The molecular formula is C12H6S4. The molecule has 0 radical (unpaired) electrons. The molecule has 2 aromatic rings. The van der Waals surface area contributed by atoms with E-state index in [0.717, 1.165) is 0 Å². The molecule has 1 aliphatic heterocycles. The van der Waals surface area contributed by atoms with Gasteiger partial charge in [0.15, 0.2) is 0 Å². The fraction of sp³-hybridized carbons (Fsp3) is 0. The molecule has 0 unspecified atom stereocenters. The van der Waals surface area contributed by atoms with E-state index in [1.54, 1.807) is 0 Å². The molecule has 0 N–H and O–H groups in total. The summed E-state index contributed by atoms with van der Waals surface area (Å²) in [5.41, 5.74) is 4.32. The number of thioether (sulfide) groups is 2. The van der Waals surface area contributed by atoms with Crippen molar-refractivity contribution >= 4 is 51.8 Å². The first-order valence-corrected chi connectivity index (χ1v) is 8.36. The van der Waals surface area contributed by atoms with E-state index in [9.17, 15) is 0 Å². The number of thiophene rings is 2. The van der Waals surface area contributed by atoms with E-state index < -0.39 is 0 Å². The Kier molecular flexibility index (Phi) is 2.12. The van der Waals surface area contributed by atoms with Crippen LogP contribution in [0, 0.1) is 0 Å². The van der Waals surface area contributed by atoms with Crippen molar-refractivity contribution in [1.82, 2.24) is 0 Å². The van der Waals surface area contributed by atoms with Crippen LogP contribution in [0.1, 0.15) is 11.1 Å². The van der Waals surface area contributed by atoms with Gasteiger partial charge in [0.2, 0.25) is 0 Å². The minimum atomic E-state index is 1.43. The third-order valence-electron chi connectivity index (χ3n) is 2.69. The van der Waals surface area contributed by atoms with E-state index in [2.05, 4.69) is 33.7 Å². The van der Waals surface area contributed by atoms with E-state index in [-0.39, 0.29) is 0 Å². The topological polar surface area (TPSA) is 0 Å². The van der Waals surface area contributed by atoms with Crippen LogP contribution in [0.2, 0.25) is 0 Å². The van der Waals surface area contributed by atoms with Gasteiger partial charge in [-0.2, -0.15) is 0 Å².